The van der Waals surface area contributed by atoms with Crippen LogP contribution in [0.25, 0.3) is 10.6 Å². The second-order valence-corrected chi connectivity index (χ2v) is 10.2. The summed E-state index contributed by atoms with van der Waals surface area (Å²) in [5.41, 5.74) is 0.515. The van der Waals surface area contributed by atoms with E-state index in [1.165, 1.54) is 23.5 Å². The Kier molecular flexibility index (Phi) is 7.12. The molecule has 2 unspecified atom stereocenters. The third-order valence-electron chi connectivity index (χ3n) is 6.36. The highest BCUT2D eigenvalue weighted by atomic mass is 32.1. The zero-order valence-electron chi connectivity index (χ0n) is 19.2. The van der Waals surface area contributed by atoms with Crippen molar-refractivity contribution in [3.63, 3.8) is 0 Å². The lowest BCUT2D eigenvalue weighted by molar-refractivity contribution is -0.137. The molecule has 1 aromatic heterocycles. The van der Waals surface area contributed by atoms with Crippen molar-refractivity contribution >= 4 is 17.2 Å². The summed E-state index contributed by atoms with van der Waals surface area (Å²) in [5, 5.41) is 0.565. The molecule has 4 rings (SSSR count). The van der Waals surface area contributed by atoms with Crippen LogP contribution in [0.3, 0.4) is 0 Å². The van der Waals surface area contributed by atoms with E-state index in [-0.39, 0.29) is 18.1 Å². The van der Waals surface area contributed by atoms with E-state index in [0.717, 1.165) is 44.6 Å². The molecule has 3 heterocycles. The molecule has 2 aliphatic heterocycles. The van der Waals surface area contributed by atoms with E-state index in [9.17, 15) is 18.0 Å². The molecular weight excluding hydrogens is 451 g/mol. The van der Waals surface area contributed by atoms with Gasteiger partial charge in [0.05, 0.1) is 23.5 Å². The minimum absolute atomic E-state index is 0.0322. The number of nitrogens with zero attached hydrogens (tertiary/aromatic N) is 3. The zero-order chi connectivity index (χ0) is 23.8. The van der Waals surface area contributed by atoms with E-state index in [0.29, 0.717) is 40.1 Å². The third-order valence-corrected chi connectivity index (χ3v) is 7.56. The number of hydrogen-bond acceptors (Lipinski definition) is 5. The molecule has 0 radical (unpaired) electrons. The molecule has 2 aromatic rings. The van der Waals surface area contributed by atoms with Gasteiger partial charge < -0.3 is 9.64 Å². The molecule has 5 nitrogen and oxygen atoms in total. The second-order valence-electron chi connectivity index (χ2n) is 9.22. The van der Waals surface area contributed by atoms with E-state index in [2.05, 4.69) is 23.7 Å². The van der Waals surface area contributed by atoms with Crippen molar-refractivity contribution in [2.24, 2.45) is 5.92 Å². The Morgan fingerprint density at radius 1 is 1.12 bits per heavy atom. The highest BCUT2D eigenvalue weighted by Crippen LogP contribution is 2.34. The number of ether oxygens (including phenoxy) is 1. The van der Waals surface area contributed by atoms with Crippen molar-refractivity contribution in [3.8, 4) is 10.6 Å². The normalized spacial score (nSPS) is 23.2. The highest BCUT2D eigenvalue weighted by Gasteiger charge is 2.31. The van der Waals surface area contributed by atoms with Gasteiger partial charge in [0.25, 0.3) is 5.91 Å². The van der Waals surface area contributed by atoms with Crippen LogP contribution in [0.4, 0.5) is 13.2 Å². The van der Waals surface area contributed by atoms with E-state index < -0.39 is 11.7 Å². The molecule has 180 valence electrons. The number of halogens is 3. The standard InChI is InChI=1S/C24H30F3N3O2S/c1-15-12-29(13-16(2)32-15)14-18-8-10-30(11-9-18)23(31)21-17(3)28-22(33-21)19-4-6-20(7-5-19)24(25,26)27/h4-7,15-16,18H,8-14H2,1-3H3. The summed E-state index contributed by atoms with van der Waals surface area (Å²) in [6.07, 6.45) is -1.93. The number of aromatic nitrogens is 1. The Balaban J connectivity index is 1.36. The Morgan fingerprint density at radius 3 is 2.30 bits per heavy atom. The first-order valence-corrected chi connectivity index (χ1v) is 12.2. The quantitative estimate of drug-likeness (QED) is 0.610. The van der Waals surface area contributed by atoms with Gasteiger partial charge in [0, 0.05) is 38.3 Å². The summed E-state index contributed by atoms with van der Waals surface area (Å²) in [7, 11) is 0. The van der Waals surface area contributed by atoms with Crippen molar-refractivity contribution in [1.82, 2.24) is 14.8 Å². The Bertz CT molecular complexity index is 958. The number of piperidine rings is 1. The lowest BCUT2D eigenvalue weighted by atomic mass is 9.95. The molecule has 9 heteroatoms. The number of morpholine rings is 1. The number of hydrogen-bond donors (Lipinski definition) is 0. The van der Waals surface area contributed by atoms with Crippen molar-refractivity contribution in [1.29, 1.82) is 0 Å². The number of thiazole rings is 1. The van der Waals surface area contributed by atoms with Crippen LogP contribution < -0.4 is 0 Å². The van der Waals surface area contributed by atoms with E-state index in [1.54, 1.807) is 6.92 Å². The molecule has 2 aliphatic rings. The van der Waals surface area contributed by atoms with Crippen LogP contribution in [0.2, 0.25) is 0 Å². The predicted molar refractivity (Wildman–Crippen MR) is 122 cm³/mol. The van der Waals surface area contributed by atoms with Gasteiger partial charge in [0.15, 0.2) is 0 Å². The summed E-state index contributed by atoms with van der Waals surface area (Å²) in [6, 6.07) is 4.92. The number of carbonyl (C=O) groups is 1. The first-order chi connectivity index (χ1) is 15.6. The molecule has 0 spiro atoms. The van der Waals surface area contributed by atoms with Gasteiger partial charge in [0.1, 0.15) is 9.88 Å². The summed E-state index contributed by atoms with van der Waals surface area (Å²) in [4.78, 5) is 22.6. The average molecular weight is 482 g/mol. The topological polar surface area (TPSA) is 45.7 Å². The van der Waals surface area contributed by atoms with Gasteiger partial charge in [-0.15, -0.1) is 11.3 Å². The molecule has 0 bridgehead atoms. The number of rotatable bonds is 4. The number of benzene rings is 1. The molecule has 1 aromatic carbocycles. The fourth-order valence-corrected chi connectivity index (χ4v) is 5.82. The second kappa shape index (κ2) is 9.72. The smallest absolute Gasteiger partial charge is 0.373 e. The van der Waals surface area contributed by atoms with Gasteiger partial charge in [-0.25, -0.2) is 4.98 Å². The maximum absolute atomic E-state index is 13.2. The molecule has 2 saturated heterocycles. The van der Waals surface area contributed by atoms with Crippen LogP contribution >= 0.6 is 11.3 Å². The largest absolute Gasteiger partial charge is 0.416 e. The molecule has 0 N–H and O–H groups in total. The van der Waals surface area contributed by atoms with Crippen LogP contribution in [-0.4, -0.2) is 65.6 Å². The predicted octanol–water partition coefficient (Wildman–Crippen LogP) is 5.10. The van der Waals surface area contributed by atoms with Gasteiger partial charge >= 0.3 is 6.18 Å². The minimum atomic E-state index is -4.37. The van der Waals surface area contributed by atoms with Gasteiger partial charge in [-0.1, -0.05) is 12.1 Å². The fourth-order valence-electron chi connectivity index (χ4n) is 4.78. The average Bonchev–Trinajstić information content (AvgIpc) is 3.14. The molecule has 2 atom stereocenters. The third kappa shape index (κ3) is 5.75. The number of alkyl halides is 3. The van der Waals surface area contributed by atoms with Crippen LogP contribution in [0.1, 0.15) is 47.6 Å². The van der Waals surface area contributed by atoms with Gasteiger partial charge in [-0.05, 0) is 51.7 Å². The Morgan fingerprint density at radius 2 is 1.73 bits per heavy atom. The van der Waals surface area contributed by atoms with Gasteiger partial charge in [-0.2, -0.15) is 13.2 Å². The number of carbonyl (C=O) groups excluding carboxylic acids is 1. The minimum Gasteiger partial charge on any atom is -0.373 e. The van der Waals surface area contributed by atoms with E-state index in [1.807, 2.05) is 4.90 Å². The van der Waals surface area contributed by atoms with Crippen molar-refractivity contribution in [2.45, 2.75) is 52.0 Å². The fraction of sp³-hybridized carbons (Fsp3) is 0.583. The zero-order valence-corrected chi connectivity index (χ0v) is 20.0. The first-order valence-electron chi connectivity index (χ1n) is 11.4. The van der Waals surface area contributed by atoms with Crippen LogP contribution in [0.5, 0.6) is 0 Å². The molecule has 33 heavy (non-hydrogen) atoms. The van der Waals surface area contributed by atoms with Crippen molar-refractivity contribution in [3.05, 3.63) is 40.4 Å². The number of amides is 1. The number of likely N-dealkylation sites (tertiary alicyclic amines) is 1. The maximum Gasteiger partial charge on any atom is 0.416 e. The maximum atomic E-state index is 13.2. The number of aryl methyl sites for hydroxylation is 1. The van der Waals surface area contributed by atoms with Crippen LogP contribution in [0.15, 0.2) is 24.3 Å². The van der Waals surface area contributed by atoms with E-state index in [4.69, 9.17) is 4.74 Å². The van der Waals surface area contributed by atoms with Crippen LogP contribution in [0, 0.1) is 12.8 Å². The SMILES string of the molecule is Cc1nc(-c2ccc(C(F)(F)F)cc2)sc1C(=O)N1CCC(CN2CC(C)OC(C)C2)CC1. The molecular formula is C24H30F3N3O2S. The molecule has 0 aliphatic carbocycles. The summed E-state index contributed by atoms with van der Waals surface area (Å²) in [6.45, 7) is 10.4. The van der Waals surface area contributed by atoms with Gasteiger partial charge in [-0.3, -0.25) is 9.69 Å². The van der Waals surface area contributed by atoms with Crippen molar-refractivity contribution in [2.75, 3.05) is 32.7 Å². The summed E-state index contributed by atoms with van der Waals surface area (Å²) in [5.74, 6) is 0.534. The molecule has 0 saturated carbocycles. The van der Waals surface area contributed by atoms with E-state index >= 15 is 0 Å². The lowest BCUT2D eigenvalue weighted by Gasteiger charge is -2.39. The van der Waals surface area contributed by atoms with Crippen molar-refractivity contribution < 1.29 is 22.7 Å². The Hall–Kier alpha value is -1.97. The first kappa shape index (κ1) is 24.2. The van der Waals surface area contributed by atoms with Crippen LogP contribution in [-0.2, 0) is 10.9 Å². The van der Waals surface area contributed by atoms with Gasteiger partial charge in [0.2, 0.25) is 0 Å². The monoisotopic (exact) mass is 481 g/mol. The molecule has 1 amide bonds. The summed E-state index contributed by atoms with van der Waals surface area (Å²) >= 11 is 1.25. The lowest BCUT2D eigenvalue weighted by Crippen LogP contribution is -2.48. The Labute approximate surface area is 196 Å². The summed E-state index contributed by atoms with van der Waals surface area (Å²) < 4.78 is 44.3. The molecule has 2 fully saturated rings. The highest BCUT2D eigenvalue weighted by molar-refractivity contribution is 7.17.